The average Bonchev–Trinajstić information content (AvgIpc) is 2.92. The molecule has 1 aliphatic carbocycles. The number of hydrogen-bond donors (Lipinski definition) is 1. The van der Waals surface area contributed by atoms with Crippen LogP contribution < -0.4 is 5.32 Å². The quantitative estimate of drug-likeness (QED) is 0.811. The molecule has 0 spiro atoms. The molecule has 2 rings (SSSR count). The molecule has 1 aromatic carbocycles. The van der Waals surface area contributed by atoms with E-state index in [0.29, 0.717) is 5.41 Å². The van der Waals surface area contributed by atoms with E-state index in [2.05, 4.69) is 59.4 Å². The van der Waals surface area contributed by atoms with Crippen LogP contribution in [0, 0.1) is 5.92 Å². The van der Waals surface area contributed by atoms with Gasteiger partial charge in [0.25, 0.3) is 0 Å². The molecule has 1 aliphatic rings. The minimum atomic E-state index is 0.390. The second-order valence-corrected chi connectivity index (χ2v) is 5.86. The van der Waals surface area contributed by atoms with Crippen molar-refractivity contribution in [1.82, 2.24) is 5.32 Å². The predicted molar refractivity (Wildman–Crippen MR) is 72.8 cm³/mol. The maximum atomic E-state index is 3.66. The van der Waals surface area contributed by atoms with E-state index in [-0.39, 0.29) is 0 Å². The Hall–Kier alpha value is -0.340. The van der Waals surface area contributed by atoms with Crippen molar-refractivity contribution >= 4 is 15.9 Å². The molecule has 0 aromatic heterocycles. The molecule has 1 fully saturated rings. The molecular formula is C14H20BrN. The highest BCUT2D eigenvalue weighted by Gasteiger charge is 2.51. The van der Waals surface area contributed by atoms with E-state index in [1.54, 1.807) is 0 Å². The number of hydrogen-bond acceptors (Lipinski definition) is 1. The first-order valence-corrected chi connectivity index (χ1v) is 6.93. The van der Waals surface area contributed by atoms with Crippen LogP contribution in [0.3, 0.4) is 0 Å². The van der Waals surface area contributed by atoms with E-state index in [4.69, 9.17) is 0 Å². The molecule has 2 atom stereocenters. The summed E-state index contributed by atoms with van der Waals surface area (Å²) in [5.41, 5.74) is 1.86. The van der Waals surface area contributed by atoms with Gasteiger partial charge in [-0.25, -0.2) is 0 Å². The van der Waals surface area contributed by atoms with E-state index in [9.17, 15) is 0 Å². The molecule has 0 radical (unpaired) electrons. The van der Waals surface area contributed by atoms with Gasteiger partial charge in [-0.2, -0.15) is 0 Å². The Kier molecular flexibility index (Phi) is 3.70. The summed E-state index contributed by atoms with van der Waals surface area (Å²) in [7, 11) is 0. The predicted octanol–water partition coefficient (Wildman–Crippen LogP) is 3.73. The number of halogens is 1. The van der Waals surface area contributed by atoms with Crippen LogP contribution in [-0.4, -0.2) is 13.1 Å². The average molecular weight is 282 g/mol. The molecular weight excluding hydrogens is 262 g/mol. The lowest BCUT2D eigenvalue weighted by Gasteiger charge is -2.14. The van der Waals surface area contributed by atoms with Gasteiger partial charge in [-0.05, 0) is 48.9 Å². The molecule has 1 saturated carbocycles. The Morgan fingerprint density at radius 3 is 2.88 bits per heavy atom. The summed E-state index contributed by atoms with van der Waals surface area (Å²) in [6, 6.07) is 8.63. The second kappa shape index (κ2) is 4.89. The van der Waals surface area contributed by atoms with E-state index < -0.39 is 0 Å². The standard InChI is InChI=1S/C14H20BrN/c1-3-8-16-10-11-9-14(11,2)12-6-4-5-7-13(12)15/h4-7,11,16H,3,8-10H2,1-2H3. The zero-order chi connectivity index (χ0) is 11.6. The van der Waals surface area contributed by atoms with Crippen LogP contribution in [0.5, 0.6) is 0 Å². The van der Waals surface area contributed by atoms with Crippen molar-refractivity contribution < 1.29 is 0 Å². The van der Waals surface area contributed by atoms with Gasteiger partial charge in [-0.15, -0.1) is 0 Å². The Morgan fingerprint density at radius 2 is 2.19 bits per heavy atom. The van der Waals surface area contributed by atoms with Crippen LogP contribution >= 0.6 is 15.9 Å². The van der Waals surface area contributed by atoms with Crippen LogP contribution in [-0.2, 0) is 5.41 Å². The summed E-state index contributed by atoms with van der Waals surface area (Å²) in [5, 5.41) is 3.53. The van der Waals surface area contributed by atoms with Crippen molar-refractivity contribution in [2.24, 2.45) is 5.92 Å². The summed E-state index contributed by atoms with van der Waals surface area (Å²) in [6.07, 6.45) is 2.53. The Bertz CT molecular complexity index is 364. The van der Waals surface area contributed by atoms with Crippen LogP contribution in [0.4, 0.5) is 0 Å². The van der Waals surface area contributed by atoms with Crippen molar-refractivity contribution in [1.29, 1.82) is 0 Å². The maximum absolute atomic E-state index is 3.66. The first-order chi connectivity index (χ1) is 7.68. The lowest BCUT2D eigenvalue weighted by atomic mass is 9.95. The Labute approximate surface area is 107 Å². The molecule has 1 nitrogen and oxygen atoms in total. The van der Waals surface area contributed by atoms with Gasteiger partial charge < -0.3 is 5.32 Å². The molecule has 88 valence electrons. The van der Waals surface area contributed by atoms with E-state index in [1.165, 1.54) is 22.9 Å². The van der Waals surface area contributed by atoms with Crippen molar-refractivity contribution in [3.63, 3.8) is 0 Å². The summed E-state index contributed by atoms with van der Waals surface area (Å²) >= 11 is 3.66. The van der Waals surface area contributed by atoms with Crippen molar-refractivity contribution in [2.45, 2.75) is 32.1 Å². The fourth-order valence-electron chi connectivity index (χ4n) is 2.46. The zero-order valence-electron chi connectivity index (χ0n) is 10.1. The highest BCUT2D eigenvalue weighted by Crippen LogP contribution is 2.55. The lowest BCUT2D eigenvalue weighted by molar-refractivity contribution is 0.574. The number of benzene rings is 1. The summed E-state index contributed by atoms with van der Waals surface area (Å²) in [5.74, 6) is 0.803. The van der Waals surface area contributed by atoms with Crippen LogP contribution in [0.15, 0.2) is 28.7 Å². The Balaban J connectivity index is 1.99. The number of rotatable bonds is 5. The highest BCUT2D eigenvalue weighted by atomic mass is 79.9. The maximum Gasteiger partial charge on any atom is 0.0212 e. The first kappa shape index (κ1) is 12.1. The third-order valence-electron chi connectivity index (χ3n) is 3.72. The molecule has 0 aliphatic heterocycles. The van der Waals surface area contributed by atoms with E-state index in [0.717, 1.165) is 19.0 Å². The lowest BCUT2D eigenvalue weighted by Crippen LogP contribution is -2.21. The van der Waals surface area contributed by atoms with Crippen molar-refractivity contribution in [3.8, 4) is 0 Å². The van der Waals surface area contributed by atoms with Gasteiger partial charge in [0.2, 0.25) is 0 Å². The number of nitrogens with one attached hydrogen (secondary N) is 1. The molecule has 2 unspecified atom stereocenters. The first-order valence-electron chi connectivity index (χ1n) is 6.14. The molecule has 1 aromatic rings. The van der Waals surface area contributed by atoms with Gasteiger partial charge in [0.15, 0.2) is 0 Å². The van der Waals surface area contributed by atoms with Crippen LogP contribution in [0.1, 0.15) is 32.3 Å². The van der Waals surface area contributed by atoms with Crippen LogP contribution in [0.25, 0.3) is 0 Å². The molecule has 0 amide bonds. The summed E-state index contributed by atoms with van der Waals surface area (Å²) in [4.78, 5) is 0. The molecule has 0 bridgehead atoms. The molecule has 0 heterocycles. The topological polar surface area (TPSA) is 12.0 Å². The summed E-state index contributed by atoms with van der Waals surface area (Å²) in [6.45, 7) is 6.90. The van der Waals surface area contributed by atoms with Gasteiger partial charge in [-0.1, -0.05) is 48.0 Å². The third-order valence-corrected chi connectivity index (χ3v) is 4.41. The molecule has 1 N–H and O–H groups in total. The van der Waals surface area contributed by atoms with Gasteiger partial charge >= 0.3 is 0 Å². The minimum Gasteiger partial charge on any atom is -0.316 e. The molecule has 2 heteroatoms. The van der Waals surface area contributed by atoms with E-state index in [1.807, 2.05) is 0 Å². The fraction of sp³-hybridized carbons (Fsp3) is 0.571. The van der Waals surface area contributed by atoms with Gasteiger partial charge in [-0.3, -0.25) is 0 Å². The zero-order valence-corrected chi connectivity index (χ0v) is 11.7. The monoisotopic (exact) mass is 281 g/mol. The fourth-order valence-corrected chi connectivity index (χ4v) is 3.20. The van der Waals surface area contributed by atoms with Gasteiger partial charge in [0.1, 0.15) is 0 Å². The normalized spacial score (nSPS) is 28.1. The van der Waals surface area contributed by atoms with Gasteiger partial charge in [0.05, 0.1) is 0 Å². The molecule has 0 saturated heterocycles. The Morgan fingerprint density at radius 1 is 1.44 bits per heavy atom. The smallest absolute Gasteiger partial charge is 0.0212 e. The SMILES string of the molecule is CCCNCC1CC1(C)c1ccccc1Br. The van der Waals surface area contributed by atoms with Crippen LogP contribution in [0.2, 0.25) is 0 Å². The minimum absolute atomic E-state index is 0.390. The largest absolute Gasteiger partial charge is 0.316 e. The highest BCUT2D eigenvalue weighted by molar-refractivity contribution is 9.10. The van der Waals surface area contributed by atoms with Crippen molar-refractivity contribution in [2.75, 3.05) is 13.1 Å². The third kappa shape index (κ3) is 2.33. The van der Waals surface area contributed by atoms with Gasteiger partial charge in [0, 0.05) is 4.47 Å². The molecule has 16 heavy (non-hydrogen) atoms. The van der Waals surface area contributed by atoms with E-state index >= 15 is 0 Å². The second-order valence-electron chi connectivity index (χ2n) is 5.00. The summed E-state index contributed by atoms with van der Waals surface area (Å²) < 4.78 is 1.26. The van der Waals surface area contributed by atoms with Crippen molar-refractivity contribution in [3.05, 3.63) is 34.3 Å².